The standard InChI is InChI=1S/C32H32F2N2O6/c1-19(41-17-20-9-3-2-4-10-20)27(29(37)36-28(21-15-16-21)32(33,34)30(38)39)35-31(40)42-18-26-24-13-7-5-11-22(24)23-12-6-8-14-25(23)26/h2-14,19,21,26-28H,15-18H2,1H3,(H,35,40)(H,36,37)(H,38,39). The molecule has 0 bridgehead atoms. The van der Waals surface area contributed by atoms with Crippen molar-refractivity contribution in [1.29, 1.82) is 0 Å². The SMILES string of the molecule is CC(OCc1ccccc1)C(NC(=O)OCC1c2ccccc2-c2ccccc21)C(=O)NC(C1CC1)C(F)(F)C(=O)O. The molecule has 2 aliphatic rings. The maximum atomic E-state index is 14.5. The Labute approximate surface area is 242 Å². The lowest BCUT2D eigenvalue weighted by Crippen LogP contribution is -2.60. The Morgan fingerprint density at radius 3 is 2.05 bits per heavy atom. The lowest BCUT2D eigenvalue weighted by molar-refractivity contribution is -0.171. The molecule has 8 nitrogen and oxygen atoms in total. The van der Waals surface area contributed by atoms with Crippen LogP contribution in [0.25, 0.3) is 11.1 Å². The van der Waals surface area contributed by atoms with Crippen LogP contribution in [0.5, 0.6) is 0 Å². The monoisotopic (exact) mass is 578 g/mol. The number of carboxylic acids is 1. The first-order valence-electron chi connectivity index (χ1n) is 13.9. The minimum atomic E-state index is -4.18. The fourth-order valence-electron chi connectivity index (χ4n) is 5.37. The van der Waals surface area contributed by atoms with Crippen LogP contribution in [-0.2, 0) is 25.7 Å². The first kappa shape index (κ1) is 29.2. The molecule has 1 fully saturated rings. The smallest absolute Gasteiger partial charge is 0.407 e. The fourth-order valence-corrected chi connectivity index (χ4v) is 5.37. The third-order valence-corrected chi connectivity index (χ3v) is 7.79. The van der Waals surface area contributed by atoms with Gasteiger partial charge in [-0.1, -0.05) is 78.9 Å². The summed E-state index contributed by atoms with van der Waals surface area (Å²) >= 11 is 0. The summed E-state index contributed by atoms with van der Waals surface area (Å²) < 4.78 is 40.5. The quantitative estimate of drug-likeness (QED) is 0.275. The molecule has 3 unspecified atom stereocenters. The Bertz CT molecular complexity index is 1400. The van der Waals surface area contributed by atoms with Gasteiger partial charge in [0.25, 0.3) is 0 Å². The molecule has 1 saturated carbocycles. The van der Waals surface area contributed by atoms with Gasteiger partial charge in [0.1, 0.15) is 18.7 Å². The lowest BCUT2D eigenvalue weighted by Gasteiger charge is -2.29. The molecular formula is C32H32F2N2O6. The summed E-state index contributed by atoms with van der Waals surface area (Å²) in [4.78, 5) is 37.7. The zero-order valence-corrected chi connectivity index (χ0v) is 23.0. The van der Waals surface area contributed by atoms with Crippen LogP contribution in [0.2, 0.25) is 0 Å². The summed E-state index contributed by atoms with van der Waals surface area (Å²) in [6.45, 7) is 1.60. The second-order valence-corrected chi connectivity index (χ2v) is 10.7. The van der Waals surface area contributed by atoms with Crippen LogP contribution in [0.3, 0.4) is 0 Å². The normalized spacial score (nSPS) is 16.5. The maximum Gasteiger partial charge on any atom is 0.407 e. The third kappa shape index (κ3) is 6.28. The van der Waals surface area contributed by atoms with E-state index in [0.29, 0.717) is 12.8 Å². The number of ether oxygens (including phenoxy) is 2. The molecule has 0 aliphatic heterocycles. The molecule has 3 aromatic rings. The summed E-state index contributed by atoms with van der Waals surface area (Å²) in [5, 5.41) is 13.8. The van der Waals surface area contributed by atoms with Crippen molar-refractivity contribution >= 4 is 18.0 Å². The van der Waals surface area contributed by atoms with Crippen molar-refractivity contribution in [2.24, 2.45) is 5.92 Å². The molecule has 220 valence electrons. The Kier molecular flexibility index (Phi) is 8.54. The van der Waals surface area contributed by atoms with Crippen molar-refractivity contribution < 1.29 is 37.7 Å². The Balaban J connectivity index is 1.30. The highest BCUT2D eigenvalue weighted by Crippen LogP contribution is 2.44. The van der Waals surface area contributed by atoms with Gasteiger partial charge in [0, 0.05) is 5.92 Å². The predicted octanol–water partition coefficient (Wildman–Crippen LogP) is 5.11. The number of carboxylic acid groups (broad SMARTS) is 1. The molecule has 3 atom stereocenters. The summed E-state index contributed by atoms with van der Waals surface area (Å²) in [6, 6.07) is 21.4. The van der Waals surface area contributed by atoms with Gasteiger partial charge in [0.05, 0.1) is 12.7 Å². The first-order valence-corrected chi connectivity index (χ1v) is 13.9. The molecule has 2 aliphatic carbocycles. The van der Waals surface area contributed by atoms with Crippen molar-refractivity contribution in [2.45, 2.75) is 56.4 Å². The van der Waals surface area contributed by atoms with Gasteiger partial charge in [-0.15, -0.1) is 0 Å². The molecular weight excluding hydrogens is 546 g/mol. The molecule has 10 heteroatoms. The average molecular weight is 579 g/mol. The van der Waals surface area contributed by atoms with Crippen molar-refractivity contribution in [1.82, 2.24) is 10.6 Å². The maximum absolute atomic E-state index is 14.5. The van der Waals surface area contributed by atoms with Crippen LogP contribution >= 0.6 is 0 Å². The molecule has 0 heterocycles. The Hall–Kier alpha value is -4.31. The van der Waals surface area contributed by atoms with Gasteiger partial charge in [0.2, 0.25) is 5.91 Å². The van der Waals surface area contributed by atoms with Crippen LogP contribution in [0.1, 0.15) is 42.4 Å². The highest BCUT2D eigenvalue weighted by molar-refractivity contribution is 5.88. The zero-order chi connectivity index (χ0) is 29.9. The molecule has 5 rings (SSSR count). The number of carbonyl (C=O) groups is 3. The molecule has 0 radical (unpaired) electrons. The fraction of sp³-hybridized carbons (Fsp3) is 0.344. The molecule has 42 heavy (non-hydrogen) atoms. The van der Waals surface area contributed by atoms with Crippen molar-refractivity contribution in [3.63, 3.8) is 0 Å². The number of hydrogen-bond acceptors (Lipinski definition) is 5. The van der Waals surface area contributed by atoms with Crippen molar-refractivity contribution in [3.05, 3.63) is 95.6 Å². The van der Waals surface area contributed by atoms with Crippen molar-refractivity contribution in [3.8, 4) is 11.1 Å². The molecule has 0 spiro atoms. The summed E-state index contributed by atoms with van der Waals surface area (Å²) in [7, 11) is 0. The van der Waals surface area contributed by atoms with Crippen LogP contribution in [0, 0.1) is 5.92 Å². The number of carbonyl (C=O) groups excluding carboxylic acids is 2. The van der Waals surface area contributed by atoms with Crippen LogP contribution < -0.4 is 10.6 Å². The Morgan fingerprint density at radius 2 is 1.48 bits per heavy atom. The van der Waals surface area contributed by atoms with E-state index in [0.717, 1.165) is 27.8 Å². The highest BCUT2D eigenvalue weighted by atomic mass is 19.3. The number of benzene rings is 3. The molecule has 3 aromatic carbocycles. The van der Waals surface area contributed by atoms with Gasteiger partial charge in [0.15, 0.2) is 0 Å². The topological polar surface area (TPSA) is 114 Å². The number of amides is 2. The van der Waals surface area contributed by atoms with E-state index in [1.165, 1.54) is 6.92 Å². The largest absolute Gasteiger partial charge is 0.477 e. The average Bonchev–Trinajstić information content (AvgIpc) is 3.78. The third-order valence-electron chi connectivity index (χ3n) is 7.79. The van der Waals surface area contributed by atoms with E-state index in [4.69, 9.17) is 14.6 Å². The number of fused-ring (bicyclic) bond motifs is 3. The second kappa shape index (κ2) is 12.3. The number of rotatable bonds is 12. The number of hydrogen-bond donors (Lipinski definition) is 3. The highest BCUT2D eigenvalue weighted by Gasteiger charge is 2.55. The number of halogens is 2. The van der Waals surface area contributed by atoms with E-state index in [2.05, 4.69) is 10.6 Å². The van der Waals surface area contributed by atoms with Crippen molar-refractivity contribution in [2.75, 3.05) is 6.61 Å². The number of alkyl halides is 2. The number of alkyl carbamates (subject to hydrolysis) is 1. The van der Waals surface area contributed by atoms with E-state index < -0.39 is 48.0 Å². The number of aliphatic carboxylic acids is 1. The Morgan fingerprint density at radius 1 is 0.905 bits per heavy atom. The van der Waals surface area contributed by atoms with Gasteiger partial charge in [-0.2, -0.15) is 8.78 Å². The van der Waals surface area contributed by atoms with Gasteiger partial charge in [-0.05, 0) is 53.5 Å². The van der Waals surface area contributed by atoms with E-state index >= 15 is 0 Å². The summed E-state index contributed by atoms with van der Waals surface area (Å²) in [5.74, 6) is -8.40. The first-order chi connectivity index (χ1) is 20.2. The second-order valence-electron chi connectivity index (χ2n) is 10.7. The van der Waals surface area contributed by atoms with Crippen LogP contribution in [0.4, 0.5) is 13.6 Å². The molecule has 2 amide bonds. The lowest BCUT2D eigenvalue weighted by atomic mass is 9.98. The van der Waals surface area contributed by atoms with Crippen LogP contribution in [-0.4, -0.2) is 53.8 Å². The number of nitrogens with one attached hydrogen (secondary N) is 2. The zero-order valence-electron chi connectivity index (χ0n) is 23.0. The van der Waals surface area contributed by atoms with E-state index in [-0.39, 0.29) is 19.1 Å². The van der Waals surface area contributed by atoms with E-state index in [9.17, 15) is 23.2 Å². The van der Waals surface area contributed by atoms with Gasteiger partial charge < -0.3 is 25.2 Å². The predicted molar refractivity (Wildman–Crippen MR) is 150 cm³/mol. The molecule has 0 aromatic heterocycles. The summed E-state index contributed by atoms with van der Waals surface area (Å²) in [6.07, 6.45) is -1.18. The minimum Gasteiger partial charge on any atom is -0.477 e. The van der Waals surface area contributed by atoms with Crippen LogP contribution in [0.15, 0.2) is 78.9 Å². The minimum absolute atomic E-state index is 0.0186. The van der Waals surface area contributed by atoms with E-state index in [1.807, 2.05) is 78.9 Å². The molecule has 3 N–H and O–H groups in total. The molecule has 0 saturated heterocycles. The summed E-state index contributed by atoms with van der Waals surface area (Å²) in [5.41, 5.74) is 4.91. The van der Waals surface area contributed by atoms with Gasteiger partial charge in [-0.3, -0.25) is 4.79 Å². The van der Waals surface area contributed by atoms with Gasteiger partial charge in [-0.25, -0.2) is 9.59 Å². The van der Waals surface area contributed by atoms with E-state index in [1.54, 1.807) is 0 Å². The van der Waals surface area contributed by atoms with Gasteiger partial charge >= 0.3 is 18.0 Å².